The van der Waals surface area contributed by atoms with Gasteiger partial charge >= 0.3 is 0 Å². The van der Waals surface area contributed by atoms with E-state index in [0.717, 1.165) is 77.1 Å². The van der Waals surface area contributed by atoms with Crippen molar-refractivity contribution in [2.45, 2.75) is 122 Å². The molecule has 9 aliphatic rings. The molecule has 1 heteroatoms. The van der Waals surface area contributed by atoms with E-state index < -0.39 is 0 Å². The van der Waals surface area contributed by atoms with E-state index in [2.05, 4.69) is 55.6 Å². The summed E-state index contributed by atoms with van der Waals surface area (Å²) in [5, 5.41) is 4.40. The molecule has 0 aromatic heterocycles. The van der Waals surface area contributed by atoms with Crippen molar-refractivity contribution in [1.29, 1.82) is 0 Å². The number of hydrogen-bond acceptors (Lipinski definition) is 1. The Bertz CT molecular complexity index is 1160. The van der Waals surface area contributed by atoms with Gasteiger partial charge in [-0.15, -0.1) is 0 Å². The highest BCUT2D eigenvalue weighted by molar-refractivity contribution is 5.31. The molecule has 41 heavy (non-hydrogen) atoms. The fourth-order valence-corrected chi connectivity index (χ4v) is 14.6. The first-order valence-corrected chi connectivity index (χ1v) is 18.7. The van der Waals surface area contributed by atoms with Gasteiger partial charge in [0.25, 0.3) is 0 Å². The van der Waals surface area contributed by atoms with Crippen molar-refractivity contribution in [2.24, 2.45) is 76.4 Å². The molecule has 9 aliphatic carbocycles. The Morgan fingerprint density at radius 3 is 2.46 bits per heavy atom. The van der Waals surface area contributed by atoms with Gasteiger partial charge in [-0.05, 0) is 160 Å². The number of hydrogen-bond donors (Lipinski definition) is 1. The van der Waals surface area contributed by atoms with Crippen LogP contribution in [0.4, 0.5) is 0 Å². The highest BCUT2D eigenvalue weighted by Crippen LogP contribution is 2.76. The largest absolute Gasteiger partial charge is 0.308 e. The standard InChI is InChI=1S/C40H57N/c1-24-25(2)35-22-26(18-20-30(35)29-11-4-3-10-28(24)29)41-27-19-21-34-32-13-6-8-16-37(32)40(39(34)23-27)36-15-7-5-12-31(36)33-14-9-17-38(33)40/h5,9,12,17,19,21,24-27,30-39,41H,3-4,6-8,10-11,13-16,18,20,22-23H2,1-2H3. The van der Waals surface area contributed by atoms with Gasteiger partial charge in [0.2, 0.25) is 0 Å². The average Bonchev–Trinajstić information content (AvgIpc) is 3.69. The van der Waals surface area contributed by atoms with E-state index in [4.69, 9.17) is 0 Å². The Kier molecular flexibility index (Phi) is 6.40. The smallest absolute Gasteiger partial charge is 0.0255 e. The number of fused-ring (bicyclic) bond motifs is 12. The number of nitrogens with one attached hydrogen (secondary N) is 1. The molecule has 0 saturated heterocycles. The summed E-state index contributed by atoms with van der Waals surface area (Å²) in [6.07, 6.45) is 38.0. The SMILES string of the molecule is CC1C2=C(CCCC2)C2CCC(NC3C=CC4C5CCCCC5C5(C6C=CCC6C6C=CCCC65)C4C3)CC2C1C. The minimum absolute atomic E-state index is 0.586. The third-order valence-corrected chi connectivity index (χ3v) is 15.9. The zero-order valence-corrected chi connectivity index (χ0v) is 26.2. The van der Waals surface area contributed by atoms with Crippen molar-refractivity contribution in [3.05, 3.63) is 47.6 Å². The third kappa shape index (κ3) is 3.69. The predicted octanol–water partition coefficient (Wildman–Crippen LogP) is 9.67. The van der Waals surface area contributed by atoms with Crippen LogP contribution >= 0.6 is 0 Å². The van der Waals surface area contributed by atoms with Crippen molar-refractivity contribution in [2.75, 3.05) is 0 Å². The van der Waals surface area contributed by atoms with Gasteiger partial charge in [-0.2, -0.15) is 0 Å². The molecule has 1 spiro atoms. The van der Waals surface area contributed by atoms with Crippen molar-refractivity contribution >= 4 is 0 Å². The maximum Gasteiger partial charge on any atom is 0.0255 e. The van der Waals surface area contributed by atoms with Crippen LogP contribution in [0.2, 0.25) is 0 Å². The lowest BCUT2D eigenvalue weighted by molar-refractivity contribution is -0.00199. The van der Waals surface area contributed by atoms with Crippen LogP contribution in [0.5, 0.6) is 0 Å². The molecule has 0 aromatic carbocycles. The Balaban J connectivity index is 0.991. The van der Waals surface area contributed by atoms with E-state index in [1.807, 2.05) is 11.1 Å². The lowest BCUT2D eigenvalue weighted by Gasteiger charge is -2.51. The summed E-state index contributed by atoms with van der Waals surface area (Å²) in [6.45, 7) is 5.21. The number of allylic oxidation sites excluding steroid dienone is 7. The Labute approximate surface area is 251 Å². The summed E-state index contributed by atoms with van der Waals surface area (Å²) >= 11 is 0. The van der Waals surface area contributed by atoms with Gasteiger partial charge in [0, 0.05) is 12.1 Å². The molecule has 0 amide bonds. The molecular weight excluding hydrogens is 494 g/mol. The van der Waals surface area contributed by atoms with Crippen LogP contribution in [-0.2, 0) is 0 Å². The third-order valence-electron chi connectivity index (χ3n) is 15.9. The summed E-state index contributed by atoms with van der Waals surface area (Å²) in [7, 11) is 0. The summed E-state index contributed by atoms with van der Waals surface area (Å²) in [5.41, 5.74) is 4.46. The molecule has 0 heterocycles. The van der Waals surface area contributed by atoms with E-state index in [0.29, 0.717) is 11.5 Å². The van der Waals surface area contributed by atoms with E-state index >= 15 is 0 Å². The lowest BCUT2D eigenvalue weighted by atomic mass is 9.54. The van der Waals surface area contributed by atoms with Crippen LogP contribution in [0.1, 0.15) is 110 Å². The van der Waals surface area contributed by atoms with Gasteiger partial charge < -0.3 is 5.32 Å². The van der Waals surface area contributed by atoms with Gasteiger partial charge in [-0.25, -0.2) is 0 Å². The molecule has 0 aliphatic heterocycles. The fraction of sp³-hybridized carbons (Fsp3) is 0.800. The maximum atomic E-state index is 4.40. The van der Waals surface area contributed by atoms with E-state index in [-0.39, 0.29) is 0 Å². The van der Waals surface area contributed by atoms with Gasteiger partial charge in [-0.3, -0.25) is 0 Å². The molecule has 4 saturated carbocycles. The van der Waals surface area contributed by atoms with Gasteiger partial charge in [-0.1, -0.05) is 74.3 Å². The molecule has 222 valence electrons. The first-order chi connectivity index (χ1) is 20.2. The van der Waals surface area contributed by atoms with E-state index in [1.165, 1.54) is 96.3 Å². The monoisotopic (exact) mass is 551 g/mol. The topological polar surface area (TPSA) is 12.0 Å². The second-order valence-electron chi connectivity index (χ2n) is 16.9. The minimum atomic E-state index is 0.586. The summed E-state index contributed by atoms with van der Waals surface area (Å²) in [6, 6.07) is 1.34. The van der Waals surface area contributed by atoms with Crippen molar-refractivity contribution < 1.29 is 0 Å². The Morgan fingerprint density at radius 1 is 0.683 bits per heavy atom. The molecule has 1 nitrogen and oxygen atoms in total. The molecule has 0 aromatic rings. The van der Waals surface area contributed by atoms with Crippen LogP contribution in [0, 0.1) is 76.4 Å². The van der Waals surface area contributed by atoms with Crippen molar-refractivity contribution in [1.82, 2.24) is 5.32 Å². The zero-order chi connectivity index (χ0) is 27.3. The molecule has 9 rings (SSSR count). The molecule has 0 bridgehead atoms. The van der Waals surface area contributed by atoms with E-state index in [9.17, 15) is 0 Å². The predicted molar refractivity (Wildman–Crippen MR) is 170 cm³/mol. The quantitative estimate of drug-likeness (QED) is 0.337. The normalized spacial score (nSPS) is 54.9. The molecule has 15 atom stereocenters. The second kappa shape index (κ2) is 9.97. The van der Waals surface area contributed by atoms with Gasteiger partial charge in [0.1, 0.15) is 0 Å². The van der Waals surface area contributed by atoms with Gasteiger partial charge in [0.15, 0.2) is 0 Å². The highest BCUT2D eigenvalue weighted by Gasteiger charge is 2.71. The first kappa shape index (κ1) is 26.3. The summed E-state index contributed by atoms with van der Waals surface area (Å²) in [5.74, 6) is 10.9. The van der Waals surface area contributed by atoms with Crippen LogP contribution in [-0.4, -0.2) is 12.1 Å². The zero-order valence-electron chi connectivity index (χ0n) is 26.2. The summed E-state index contributed by atoms with van der Waals surface area (Å²) < 4.78 is 0. The van der Waals surface area contributed by atoms with Crippen molar-refractivity contribution in [3.63, 3.8) is 0 Å². The minimum Gasteiger partial charge on any atom is -0.308 e. The fourth-order valence-electron chi connectivity index (χ4n) is 14.6. The highest BCUT2D eigenvalue weighted by atomic mass is 15.0. The maximum absolute atomic E-state index is 4.40. The lowest BCUT2D eigenvalue weighted by Crippen LogP contribution is -2.50. The molecule has 1 N–H and O–H groups in total. The van der Waals surface area contributed by atoms with Crippen LogP contribution in [0.15, 0.2) is 47.6 Å². The van der Waals surface area contributed by atoms with Gasteiger partial charge in [0.05, 0.1) is 0 Å². The average molecular weight is 552 g/mol. The van der Waals surface area contributed by atoms with Crippen LogP contribution in [0.3, 0.4) is 0 Å². The Hall–Kier alpha value is -1.08. The first-order valence-electron chi connectivity index (χ1n) is 18.7. The van der Waals surface area contributed by atoms with Crippen LogP contribution < -0.4 is 5.32 Å². The molecule has 4 fully saturated rings. The van der Waals surface area contributed by atoms with E-state index in [1.54, 1.807) is 0 Å². The van der Waals surface area contributed by atoms with Crippen LogP contribution in [0.25, 0.3) is 0 Å². The Morgan fingerprint density at radius 2 is 1.54 bits per heavy atom. The molecule has 15 unspecified atom stereocenters. The molecular formula is C40H57N. The number of rotatable bonds is 2. The summed E-state index contributed by atoms with van der Waals surface area (Å²) in [4.78, 5) is 0. The van der Waals surface area contributed by atoms with Crippen molar-refractivity contribution in [3.8, 4) is 0 Å². The molecule has 0 radical (unpaired) electrons. The second-order valence-corrected chi connectivity index (χ2v) is 16.9.